The van der Waals surface area contributed by atoms with E-state index in [9.17, 15) is 0 Å². The van der Waals surface area contributed by atoms with Crippen molar-refractivity contribution in [1.82, 2.24) is 9.97 Å². The van der Waals surface area contributed by atoms with Gasteiger partial charge in [0.1, 0.15) is 0 Å². The van der Waals surface area contributed by atoms with Crippen LogP contribution < -0.4 is 5.14 Å². The predicted octanol–water partition coefficient (Wildman–Crippen LogP) is 0.376. The van der Waals surface area contributed by atoms with E-state index in [1.165, 1.54) is 0 Å². The Hall–Kier alpha value is -0.480. The van der Waals surface area contributed by atoms with Crippen molar-refractivity contribution in [3.63, 3.8) is 0 Å². The van der Waals surface area contributed by atoms with Crippen LogP contribution in [-0.2, 0) is 0 Å². The van der Waals surface area contributed by atoms with Crippen LogP contribution in [0.4, 0.5) is 0 Å². The van der Waals surface area contributed by atoms with Gasteiger partial charge in [0.15, 0.2) is 5.16 Å². The van der Waals surface area contributed by atoms with Gasteiger partial charge in [-0.1, -0.05) is 0 Å². The van der Waals surface area contributed by atoms with E-state index in [-0.39, 0.29) is 0 Å². The molecule has 3 N–H and O–H groups in total. The highest BCUT2D eigenvalue weighted by Gasteiger charge is 1.84. The van der Waals surface area contributed by atoms with Crippen molar-refractivity contribution in [2.75, 3.05) is 0 Å². The summed E-state index contributed by atoms with van der Waals surface area (Å²) < 4.78 is 0. The molecular formula is C3H5N3S. The zero-order valence-electron chi connectivity index (χ0n) is 3.59. The average Bonchev–Trinajstić information content (AvgIpc) is 2.14. The average molecular weight is 115 g/mol. The molecule has 3 nitrogen and oxygen atoms in total. The molecule has 0 unspecified atom stereocenters. The van der Waals surface area contributed by atoms with E-state index in [0.29, 0.717) is 0 Å². The second-order valence-corrected chi connectivity index (χ2v) is 1.63. The monoisotopic (exact) mass is 115 g/mol. The van der Waals surface area contributed by atoms with Crippen LogP contribution in [0.15, 0.2) is 17.6 Å². The molecule has 38 valence electrons. The van der Waals surface area contributed by atoms with E-state index < -0.39 is 0 Å². The van der Waals surface area contributed by atoms with Crippen molar-refractivity contribution >= 4 is 11.9 Å². The Morgan fingerprint density at radius 1 is 1.86 bits per heavy atom. The van der Waals surface area contributed by atoms with Gasteiger partial charge in [0.05, 0.1) is 0 Å². The lowest BCUT2D eigenvalue weighted by atomic mass is 11.0. The highest BCUT2D eigenvalue weighted by molar-refractivity contribution is 7.96. The van der Waals surface area contributed by atoms with Crippen molar-refractivity contribution in [2.45, 2.75) is 5.16 Å². The molecule has 0 bridgehead atoms. The Labute approximate surface area is 45.5 Å². The molecule has 0 aliphatic carbocycles. The summed E-state index contributed by atoms with van der Waals surface area (Å²) in [6, 6.07) is 0. The van der Waals surface area contributed by atoms with Gasteiger partial charge in [-0.3, -0.25) is 5.14 Å². The molecule has 0 atom stereocenters. The number of imidazole rings is 1. The fourth-order valence-corrected chi connectivity index (χ4v) is 0.573. The zero-order valence-corrected chi connectivity index (χ0v) is 4.40. The van der Waals surface area contributed by atoms with Gasteiger partial charge in [-0.2, -0.15) is 0 Å². The van der Waals surface area contributed by atoms with Crippen LogP contribution in [0.3, 0.4) is 0 Å². The van der Waals surface area contributed by atoms with Gasteiger partial charge in [-0.15, -0.1) is 0 Å². The van der Waals surface area contributed by atoms with Crippen molar-refractivity contribution in [2.24, 2.45) is 5.14 Å². The van der Waals surface area contributed by atoms with Crippen LogP contribution in [0.5, 0.6) is 0 Å². The largest absolute Gasteiger partial charge is 0.339 e. The van der Waals surface area contributed by atoms with E-state index in [0.717, 1.165) is 17.1 Å². The molecule has 0 spiro atoms. The number of hydrogen-bond donors (Lipinski definition) is 2. The number of nitrogens with zero attached hydrogens (tertiary/aromatic N) is 1. The van der Waals surface area contributed by atoms with Gasteiger partial charge in [0, 0.05) is 12.4 Å². The van der Waals surface area contributed by atoms with E-state index in [4.69, 9.17) is 5.14 Å². The van der Waals surface area contributed by atoms with Gasteiger partial charge in [-0.05, 0) is 11.9 Å². The highest BCUT2D eigenvalue weighted by Crippen LogP contribution is 1.99. The van der Waals surface area contributed by atoms with Crippen LogP contribution in [0.2, 0.25) is 0 Å². The Bertz CT molecular complexity index is 125. The summed E-state index contributed by atoms with van der Waals surface area (Å²) in [5, 5.41) is 5.87. The lowest BCUT2D eigenvalue weighted by molar-refractivity contribution is 1.06. The van der Waals surface area contributed by atoms with Crippen LogP contribution >= 0.6 is 11.9 Å². The van der Waals surface area contributed by atoms with Crippen molar-refractivity contribution in [1.29, 1.82) is 0 Å². The number of aromatic nitrogens is 2. The lowest BCUT2D eigenvalue weighted by Gasteiger charge is -1.79. The number of H-pyrrole nitrogens is 1. The highest BCUT2D eigenvalue weighted by atomic mass is 32.2. The Morgan fingerprint density at radius 2 is 2.71 bits per heavy atom. The molecule has 0 saturated heterocycles. The molecule has 0 amide bonds. The number of rotatable bonds is 1. The van der Waals surface area contributed by atoms with Crippen LogP contribution in [0.1, 0.15) is 0 Å². The van der Waals surface area contributed by atoms with Crippen molar-refractivity contribution in [3.8, 4) is 0 Å². The third-order valence-electron chi connectivity index (χ3n) is 0.585. The first-order chi connectivity index (χ1) is 3.43. The minimum atomic E-state index is 0.750. The van der Waals surface area contributed by atoms with Crippen LogP contribution in [-0.4, -0.2) is 9.97 Å². The summed E-state index contributed by atoms with van der Waals surface area (Å²) in [5.41, 5.74) is 0. The van der Waals surface area contributed by atoms with E-state index in [1.54, 1.807) is 12.4 Å². The summed E-state index contributed by atoms with van der Waals surface area (Å²) >= 11 is 1.11. The SMILES string of the molecule is NSc1ncc[nH]1. The summed E-state index contributed by atoms with van der Waals surface area (Å²) in [7, 11) is 0. The van der Waals surface area contributed by atoms with E-state index >= 15 is 0 Å². The lowest BCUT2D eigenvalue weighted by Crippen LogP contribution is -1.79. The molecule has 0 fully saturated rings. The second kappa shape index (κ2) is 1.99. The van der Waals surface area contributed by atoms with Gasteiger partial charge in [-0.25, -0.2) is 4.98 Å². The van der Waals surface area contributed by atoms with Crippen LogP contribution in [0.25, 0.3) is 0 Å². The molecule has 1 aromatic rings. The van der Waals surface area contributed by atoms with E-state index in [2.05, 4.69) is 9.97 Å². The predicted molar refractivity (Wildman–Crippen MR) is 28.6 cm³/mol. The first-order valence-corrected chi connectivity index (χ1v) is 2.67. The molecule has 0 aliphatic heterocycles. The normalized spacial score (nSPS) is 9.29. The van der Waals surface area contributed by atoms with Crippen molar-refractivity contribution < 1.29 is 0 Å². The molecule has 0 saturated carbocycles. The smallest absolute Gasteiger partial charge is 0.180 e. The quantitative estimate of drug-likeness (QED) is 0.520. The number of nitrogens with two attached hydrogens (primary N) is 1. The van der Waals surface area contributed by atoms with Crippen molar-refractivity contribution in [3.05, 3.63) is 12.4 Å². The van der Waals surface area contributed by atoms with Gasteiger partial charge >= 0.3 is 0 Å². The molecule has 0 radical (unpaired) electrons. The Balaban J connectivity index is 2.76. The first-order valence-electron chi connectivity index (χ1n) is 1.79. The molecule has 0 aromatic carbocycles. The molecule has 4 heteroatoms. The van der Waals surface area contributed by atoms with Crippen LogP contribution in [0, 0.1) is 0 Å². The fourth-order valence-electron chi connectivity index (χ4n) is 0.315. The Morgan fingerprint density at radius 3 is 3.00 bits per heavy atom. The standard InChI is InChI=1S/C3H5N3S/c4-7-3-5-1-2-6-3/h1-2H,4H2,(H,5,6). The topological polar surface area (TPSA) is 54.7 Å². The summed E-state index contributed by atoms with van der Waals surface area (Å²) in [5.74, 6) is 0. The maximum absolute atomic E-state index is 5.12. The maximum Gasteiger partial charge on any atom is 0.180 e. The molecule has 0 aliphatic rings. The van der Waals surface area contributed by atoms with Gasteiger partial charge < -0.3 is 4.98 Å². The fraction of sp³-hybridized carbons (Fsp3) is 0. The number of nitrogens with one attached hydrogen (secondary N) is 1. The minimum Gasteiger partial charge on any atom is -0.339 e. The maximum atomic E-state index is 5.12. The molecule has 7 heavy (non-hydrogen) atoms. The third kappa shape index (κ3) is 0.942. The second-order valence-electron chi connectivity index (χ2n) is 1.01. The Kier molecular flexibility index (Phi) is 1.33. The summed E-state index contributed by atoms with van der Waals surface area (Å²) in [4.78, 5) is 6.63. The van der Waals surface area contributed by atoms with Gasteiger partial charge in [0.25, 0.3) is 0 Å². The first kappa shape index (κ1) is 4.67. The van der Waals surface area contributed by atoms with E-state index in [1.807, 2.05) is 0 Å². The minimum absolute atomic E-state index is 0.750. The third-order valence-corrected chi connectivity index (χ3v) is 1.03. The summed E-state index contributed by atoms with van der Waals surface area (Å²) in [6.45, 7) is 0. The molecule has 1 heterocycles. The molecule has 1 aromatic heterocycles. The summed E-state index contributed by atoms with van der Waals surface area (Å²) in [6.07, 6.45) is 3.39. The molecular weight excluding hydrogens is 110 g/mol. The number of hydrogen-bond acceptors (Lipinski definition) is 3. The van der Waals surface area contributed by atoms with Gasteiger partial charge in [0.2, 0.25) is 0 Å². The number of aromatic amines is 1. The molecule has 1 rings (SSSR count). The zero-order chi connectivity index (χ0) is 5.11.